The zero-order valence-electron chi connectivity index (χ0n) is 15.9. The first kappa shape index (κ1) is 24.5. The first-order valence-electron chi connectivity index (χ1n) is 8.74. The van der Waals surface area contributed by atoms with Gasteiger partial charge in [-0.25, -0.2) is 4.99 Å². The molecule has 0 aromatic carbocycles. The van der Waals surface area contributed by atoms with Crippen molar-refractivity contribution in [2.75, 3.05) is 52.9 Å². The van der Waals surface area contributed by atoms with Gasteiger partial charge in [0.05, 0.1) is 5.69 Å². The molecule has 0 saturated carbocycles. The molecule has 1 aliphatic rings. The van der Waals surface area contributed by atoms with Crippen molar-refractivity contribution in [1.82, 2.24) is 25.2 Å². The number of aliphatic imine (C=N–C) groups is 1. The van der Waals surface area contributed by atoms with Gasteiger partial charge in [0.25, 0.3) is 0 Å². The number of amides is 1. The Labute approximate surface area is 179 Å². The smallest absolute Gasteiger partial charge is 0.364 e. The molecule has 1 aromatic heterocycles. The Bertz CT molecular complexity index is 618. The average Bonchev–Trinajstić information content (AvgIpc) is 3.10. The topological polar surface area (TPSA) is 77.2 Å². The molecule has 1 aromatic rings. The Kier molecular flexibility index (Phi) is 9.99. The molecule has 1 saturated heterocycles. The minimum Gasteiger partial charge on any atom is -0.364 e. The fourth-order valence-corrected chi connectivity index (χ4v) is 2.71. The summed E-state index contributed by atoms with van der Waals surface area (Å²) in [5.41, 5.74) is 0.863. The van der Waals surface area contributed by atoms with Crippen molar-refractivity contribution in [2.45, 2.75) is 19.6 Å². The van der Waals surface area contributed by atoms with Crippen molar-refractivity contribution in [3.63, 3.8) is 0 Å². The lowest BCUT2D eigenvalue weighted by atomic mass is 10.3. The van der Waals surface area contributed by atoms with Crippen LogP contribution in [0.1, 0.15) is 12.6 Å². The molecular weight excluding hydrogens is 492 g/mol. The molecular formula is C16H26F3IN6O2. The van der Waals surface area contributed by atoms with E-state index >= 15 is 0 Å². The number of halogens is 4. The van der Waals surface area contributed by atoms with E-state index in [1.807, 2.05) is 17.9 Å². The van der Waals surface area contributed by atoms with Gasteiger partial charge in [-0.1, -0.05) is 5.16 Å². The van der Waals surface area contributed by atoms with Crippen molar-refractivity contribution in [2.24, 2.45) is 4.99 Å². The Morgan fingerprint density at radius 2 is 2.04 bits per heavy atom. The molecule has 12 heteroatoms. The number of piperazine rings is 1. The third-order valence-corrected chi connectivity index (χ3v) is 4.09. The molecule has 2 heterocycles. The Morgan fingerprint density at radius 3 is 2.57 bits per heavy atom. The van der Waals surface area contributed by atoms with Crippen LogP contribution in [0.4, 0.5) is 13.2 Å². The lowest BCUT2D eigenvalue weighted by Crippen LogP contribution is -2.52. The number of rotatable bonds is 6. The van der Waals surface area contributed by atoms with Gasteiger partial charge < -0.3 is 19.6 Å². The second-order valence-electron chi connectivity index (χ2n) is 6.29. The molecule has 1 fully saturated rings. The summed E-state index contributed by atoms with van der Waals surface area (Å²) < 4.78 is 42.0. The third-order valence-electron chi connectivity index (χ3n) is 4.09. The van der Waals surface area contributed by atoms with Gasteiger partial charge in [-0.15, -0.1) is 24.0 Å². The molecule has 2 rings (SSSR count). The molecule has 0 spiro atoms. The second kappa shape index (κ2) is 11.4. The van der Waals surface area contributed by atoms with Gasteiger partial charge in [-0.05, 0) is 6.92 Å². The van der Waals surface area contributed by atoms with Crippen molar-refractivity contribution in [3.8, 4) is 0 Å². The number of carbonyl (C=O) groups is 1. The zero-order valence-corrected chi connectivity index (χ0v) is 18.2. The maximum atomic E-state index is 12.4. The van der Waals surface area contributed by atoms with E-state index in [1.54, 1.807) is 0 Å². The number of hydrogen-bond acceptors (Lipinski definition) is 5. The fraction of sp³-hybridized carbons (Fsp3) is 0.688. The quantitative estimate of drug-likeness (QED) is 0.349. The highest BCUT2D eigenvalue weighted by Gasteiger charge is 2.31. The number of carbonyl (C=O) groups excluding carboxylic acids is 1. The number of nitrogens with zero attached hydrogens (tertiary/aromatic N) is 5. The molecule has 160 valence electrons. The Balaban J connectivity index is 0.00000392. The highest BCUT2D eigenvalue weighted by molar-refractivity contribution is 14.0. The van der Waals surface area contributed by atoms with Crippen molar-refractivity contribution >= 4 is 35.8 Å². The summed E-state index contributed by atoms with van der Waals surface area (Å²) in [4.78, 5) is 21.0. The van der Waals surface area contributed by atoms with Crippen LogP contribution in [0.5, 0.6) is 0 Å². The van der Waals surface area contributed by atoms with Crippen LogP contribution < -0.4 is 5.32 Å². The van der Waals surface area contributed by atoms with Crippen LogP contribution in [0, 0.1) is 0 Å². The number of aromatic nitrogens is 1. The number of hydrogen-bond donors (Lipinski definition) is 1. The molecule has 0 aliphatic carbocycles. The van der Waals surface area contributed by atoms with Crippen LogP contribution in [0.3, 0.4) is 0 Å². The molecule has 0 atom stereocenters. The SMILES string of the molecule is CCNC(=NCC(=O)N(C)CC(F)(F)F)N1CCN(Cc2ccon2)CC1.I. The molecule has 28 heavy (non-hydrogen) atoms. The minimum absolute atomic E-state index is 0. The second-order valence-corrected chi connectivity index (χ2v) is 6.29. The first-order valence-corrected chi connectivity index (χ1v) is 8.74. The van der Waals surface area contributed by atoms with Crippen molar-refractivity contribution < 1.29 is 22.5 Å². The maximum absolute atomic E-state index is 12.4. The average molecular weight is 518 g/mol. The van der Waals surface area contributed by atoms with Crippen molar-refractivity contribution in [1.29, 1.82) is 0 Å². The van der Waals surface area contributed by atoms with E-state index in [0.717, 1.165) is 25.8 Å². The summed E-state index contributed by atoms with van der Waals surface area (Å²) in [5.74, 6) is -0.139. The van der Waals surface area contributed by atoms with Gasteiger partial charge in [0.1, 0.15) is 19.4 Å². The minimum atomic E-state index is -4.42. The highest BCUT2D eigenvalue weighted by atomic mass is 127. The third kappa shape index (κ3) is 8.20. The van der Waals surface area contributed by atoms with Crippen LogP contribution in [0.25, 0.3) is 0 Å². The normalized spacial score (nSPS) is 15.9. The summed E-state index contributed by atoms with van der Waals surface area (Å²) in [6.07, 6.45) is -2.88. The Hall–Kier alpha value is -1.57. The van der Waals surface area contributed by atoms with E-state index < -0.39 is 18.6 Å². The van der Waals surface area contributed by atoms with E-state index in [9.17, 15) is 18.0 Å². The van der Waals surface area contributed by atoms with Crippen LogP contribution >= 0.6 is 24.0 Å². The van der Waals surface area contributed by atoms with Gasteiger partial charge in [-0.3, -0.25) is 9.69 Å². The number of guanidine groups is 1. The lowest BCUT2D eigenvalue weighted by Gasteiger charge is -2.36. The molecule has 1 N–H and O–H groups in total. The van der Waals surface area contributed by atoms with Crippen molar-refractivity contribution in [3.05, 3.63) is 18.0 Å². The fourth-order valence-electron chi connectivity index (χ4n) is 2.71. The summed E-state index contributed by atoms with van der Waals surface area (Å²) in [6, 6.07) is 1.82. The van der Waals surface area contributed by atoms with E-state index in [4.69, 9.17) is 4.52 Å². The standard InChI is InChI=1S/C16H25F3N6O2.HI/c1-3-20-15(21-10-14(26)23(2)12-16(17,18)19)25-7-5-24(6-8-25)11-13-4-9-27-22-13;/h4,9H,3,5-8,10-12H2,1-2H3,(H,20,21);1H. The van der Waals surface area contributed by atoms with E-state index in [-0.39, 0.29) is 30.5 Å². The predicted octanol–water partition coefficient (Wildman–Crippen LogP) is 1.40. The summed E-state index contributed by atoms with van der Waals surface area (Å²) >= 11 is 0. The monoisotopic (exact) mass is 518 g/mol. The zero-order chi connectivity index (χ0) is 19.9. The molecule has 1 amide bonds. The molecule has 0 unspecified atom stereocenters. The van der Waals surface area contributed by atoms with Gasteiger partial charge in [0.2, 0.25) is 5.91 Å². The largest absolute Gasteiger partial charge is 0.406 e. The predicted molar refractivity (Wildman–Crippen MR) is 108 cm³/mol. The molecule has 0 bridgehead atoms. The Morgan fingerprint density at radius 1 is 1.36 bits per heavy atom. The van der Waals surface area contributed by atoms with Gasteiger partial charge >= 0.3 is 6.18 Å². The van der Waals surface area contributed by atoms with E-state index in [2.05, 4.69) is 20.4 Å². The van der Waals surface area contributed by atoms with Crippen LogP contribution in [-0.4, -0.2) is 90.8 Å². The first-order chi connectivity index (χ1) is 12.8. The number of nitrogens with one attached hydrogen (secondary N) is 1. The van der Waals surface area contributed by atoms with Gasteiger partial charge in [0.15, 0.2) is 5.96 Å². The van der Waals surface area contributed by atoms with Crippen LogP contribution in [0.2, 0.25) is 0 Å². The maximum Gasteiger partial charge on any atom is 0.406 e. The number of likely N-dealkylation sites (N-methyl/N-ethyl adjacent to an activating group) is 1. The summed E-state index contributed by atoms with van der Waals surface area (Å²) in [7, 11) is 1.13. The molecule has 1 aliphatic heterocycles. The van der Waals surface area contributed by atoms with Crippen LogP contribution in [0.15, 0.2) is 21.8 Å². The van der Waals surface area contributed by atoms with E-state index in [0.29, 0.717) is 37.0 Å². The van der Waals surface area contributed by atoms with Gasteiger partial charge in [0, 0.05) is 52.4 Å². The van der Waals surface area contributed by atoms with Crippen LogP contribution in [-0.2, 0) is 11.3 Å². The summed E-state index contributed by atoms with van der Waals surface area (Å²) in [5, 5.41) is 6.99. The number of alkyl halides is 3. The lowest BCUT2D eigenvalue weighted by molar-refractivity contribution is -0.157. The van der Waals surface area contributed by atoms with E-state index in [1.165, 1.54) is 6.26 Å². The highest BCUT2D eigenvalue weighted by Crippen LogP contribution is 2.15. The molecule has 0 radical (unpaired) electrons. The molecule has 8 nitrogen and oxygen atoms in total. The van der Waals surface area contributed by atoms with Gasteiger partial charge in [-0.2, -0.15) is 13.2 Å². The summed E-state index contributed by atoms with van der Waals surface area (Å²) in [6.45, 7) is 4.52.